The highest BCUT2D eigenvalue weighted by atomic mass is 16.3. The SMILES string of the molecule is c1ccc(-c2ccc(-c3ccc4c5oc6cccc7c6c5n(c4c3)c3ccccc3n7-c3ccccc3)c3ccccc23)cc1. The molecule has 0 spiro atoms. The first-order chi connectivity index (χ1) is 22.3. The highest BCUT2D eigenvalue weighted by Gasteiger charge is 2.23. The van der Waals surface area contributed by atoms with Crippen molar-refractivity contribution in [3.8, 4) is 27.9 Å². The van der Waals surface area contributed by atoms with Crippen LogP contribution in [0.2, 0.25) is 0 Å². The average molecular weight is 575 g/mol. The highest BCUT2D eigenvalue weighted by Crippen LogP contribution is 2.43. The Morgan fingerprint density at radius 3 is 1.84 bits per heavy atom. The van der Waals surface area contributed by atoms with Gasteiger partial charge in [-0.25, -0.2) is 0 Å². The summed E-state index contributed by atoms with van der Waals surface area (Å²) in [4.78, 5) is 0. The Hall–Kier alpha value is -6.06. The monoisotopic (exact) mass is 574 g/mol. The van der Waals surface area contributed by atoms with Crippen LogP contribution in [-0.2, 0) is 0 Å². The predicted octanol–water partition coefficient (Wildman–Crippen LogP) is 11.4. The van der Waals surface area contributed by atoms with E-state index in [1.165, 1.54) is 33.0 Å². The fourth-order valence-electron chi connectivity index (χ4n) is 7.39. The van der Waals surface area contributed by atoms with E-state index in [1.807, 2.05) is 0 Å². The molecule has 3 heteroatoms. The van der Waals surface area contributed by atoms with Gasteiger partial charge < -0.3 is 13.4 Å². The summed E-state index contributed by atoms with van der Waals surface area (Å²) in [7, 11) is 0. The topological polar surface area (TPSA) is 22.5 Å². The number of fused-ring (bicyclic) bond motifs is 6. The molecule has 7 aromatic carbocycles. The normalized spacial score (nSPS) is 12.0. The maximum Gasteiger partial charge on any atom is 0.161 e. The van der Waals surface area contributed by atoms with E-state index in [2.05, 4.69) is 167 Å². The van der Waals surface area contributed by atoms with Gasteiger partial charge in [-0.15, -0.1) is 0 Å². The highest BCUT2D eigenvalue weighted by molar-refractivity contribution is 6.22. The van der Waals surface area contributed by atoms with E-state index in [0.29, 0.717) is 0 Å². The number of benzene rings is 7. The van der Waals surface area contributed by atoms with Crippen LogP contribution in [0.1, 0.15) is 0 Å². The van der Waals surface area contributed by atoms with Crippen molar-refractivity contribution in [1.29, 1.82) is 0 Å². The van der Waals surface area contributed by atoms with Crippen molar-refractivity contribution in [2.45, 2.75) is 0 Å². The number of rotatable bonds is 3. The molecule has 10 aromatic rings. The van der Waals surface area contributed by atoms with Crippen LogP contribution < -0.4 is 0 Å². The van der Waals surface area contributed by atoms with Gasteiger partial charge in [0.15, 0.2) is 5.58 Å². The van der Waals surface area contributed by atoms with Crippen LogP contribution in [0, 0.1) is 0 Å². The van der Waals surface area contributed by atoms with Crippen molar-refractivity contribution in [2.24, 2.45) is 0 Å². The largest absolute Gasteiger partial charge is 0.454 e. The van der Waals surface area contributed by atoms with Crippen LogP contribution in [0.5, 0.6) is 0 Å². The molecule has 0 fully saturated rings. The number of furan rings is 1. The summed E-state index contributed by atoms with van der Waals surface area (Å²) >= 11 is 0. The second-order valence-corrected chi connectivity index (χ2v) is 11.7. The maximum absolute atomic E-state index is 6.70. The Morgan fingerprint density at radius 2 is 1.07 bits per heavy atom. The van der Waals surface area contributed by atoms with E-state index in [9.17, 15) is 0 Å². The Morgan fingerprint density at radius 1 is 0.422 bits per heavy atom. The van der Waals surface area contributed by atoms with Crippen molar-refractivity contribution < 1.29 is 4.42 Å². The lowest BCUT2D eigenvalue weighted by Crippen LogP contribution is -1.96. The summed E-state index contributed by atoms with van der Waals surface area (Å²) < 4.78 is 11.5. The van der Waals surface area contributed by atoms with Crippen LogP contribution >= 0.6 is 0 Å². The van der Waals surface area contributed by atoms with E-state index >= 15 is 0 Å². The zero-order valence-electron chi connectivity index (χ0n) is 24.3. The average Bonchev–Trinajstić information content (AvgIpc) is 3.59. The first-order valence-corrected chi connectivity index (χ1v) is 15.4. The van der Waals surface area contributed by atoms with Gasteiger partial charge in [0.1, 0.15) is 11.1 Å². The van der Waals surface area contributed by atoms with Crippen LogP contribution in [0.3, 0.4) is 0 Å². The van der Waals surface area contributed by atoms with Gasteiger partial charge >= 0.3 is 0 Å². The predicted molar refractivity (Wildman–Crippen MR) is 187 cm³/mol. The third kappa shape index (κ3) is 3.41. The maximum atomic E-state index is 6.70. The Balaban J connectivity index is 1.34. The van der Waals surface area contributed by atoms with Crippen LogP contribution in [0.25, 0.3) is 88.2 Å². The lowest BCUT2D eigenvalue weighted by atomic mass is 9.92. The minimum absolute atomic E-state index is 0.897. The molecule has 210 valence electrons. The summed E-state index contributed by atoms with van der Waals surface area (Å²) in [6, 6.07) is 56.5. The molecule has 10 rings (SSSR count). The van der Waals surface area contributed by atoms with Gasteiger partial charge in [-0.05, 0) is 81.6 Å². The van der Waals surface area contributed by atoms with Crippen molar-refractivity contribution in [3.05, 3.63) is 158 Å². The molecule has 0 saturated carbocycles. The molecule has 0 atom stereocenters. The third-order valence-corrected chi connectivity index (χ3v) is 9.31. The fraction of sp³-hybridized carbons (Fsp3) is 0. The molecule has 0 aliphatic carbocycles. The van der Waals surface area contributed by atoms with E-state index in [4.69, 9.17) is 4.42 Å². The summed E-state index contributed by atoms with van der Waals surface area (Å²) in [5.41, 5.74) is 13.4. The third-order valence-electron chi connectivity index (χ3n) is 9.31. The van der Waals surface area contributed by atoms with Crippen molar-refractivity contribution in [2.75, 3.05) is 0 Å². The first kappa shape index (κ1) is 24.4. The molecule has 0 aliphatic rings. The van der Waals surface area contributed by atoms with Crippen molar-refractivity contribution >= 4 is 60.3 Å². The summed E-state index contributed by atoms with van der Waals surface area (Å²) in [6.45, 7) is 0. The molecule has 3 aromatic heterocycles. The van der Waals surface area contributed by atoms with Gasteiger partial charge in [0.05, 0.1) is 27.5 Å². The molecule has 0 saturated heterocycles. The molecular formula is C42H26N2O. The van der Waals surface area contributed by atoms with Gasteiger partial charge in [-0.2, -0.15) is 0 Å². The van der Waals surface area contributed by atoms with Gasteiger partial charge in [0, 0.05) is 11.1 Å². The lowest BCUT2D eigenvalue weighted by molar-refractivity contribution is 0.673. The zero-order valence-corrected chi connectivity index (χ0v) is 24.3. The lowest BCUT2D eigenvalue weighted by Gasteiger charge is -2.13. The Labute approximate surface area is 258 Å². The number of hydrogen-bond acceptors (Lipinski definition) is 1. The van der Waals surface area contributed by atoms with Gasteiger partial charge in [-0.3, -0.25) is 0 Å². The van der Waals surface area contributed by atoms with Crippen LogP contribution in [0.4, 0.5) is 0 Å². The fourth-order valence-corrected chi connectivity index (χ4v) is 7.39. The van der Waals surface area contributed by atoms with Crippen LogP contribution in [-0.4, -0.2) is 8.97 Å². The minimum Gasteiger partial charge on any atom is -0.454 e. The van der Waals surface area contributed by atoms with Gasteiger partial charge in [-0.1, -0.05) is 109 Å². The standard InChI is InChI=1S/C42H26N2O/c1-3-12-27(13-4-1)30-24-25-31(33-17-8-7-16-32(30)33)28-22-23-34-38(26-28)44-36-19-10-9-18-35(36)43(29-14-5-2-6-15-29)37-20-11-21-39-40(37)41(44)42(34)45-39/h1-26H. The number of aromatic nitrogens is 2. The molecule has 3 nitrogen and oxygen atoms in total. The summed E-state index contributed by atoms with van der Waals surface area (Å²) in [5.74, 6) is 0. The second-order valence-electron chi connectivity index (χ2n) is 11.7. The Bertz CT molecular complexity index is 2740. The molecule has 0 N–H and O–H groups in total. The first-order valence-electron chi connectivity index (χ1n) is 15.4. The zero-order chi connectivity index (χ0) is 29.5. The number of hydrogen-bond donors (Lipinski definition) is 0. The molecule has 45 heavy (non-hydrogen) atoms. The molecule has 0 radical (unpaired) electrons. The number of para-hydroxylation sites is 3. The molecule has 0 amide bonds. The summed E-state index contributed by atoms with van der Waals surface area (Å²) in [5, 5.41) is 4.74. The molecule has 0 aliphatic heterocycles. The molecule has 0 unspecified atom stereocenters. The van der Waals surface area contributed by atoms with E-state index in [-0.39, 0.29) is 0 Å². The number of nitrogens with zero attached hydrogens (tertiary/aromatic N) is 2. The van der Waals surface area contributed by atoms with Crippen molar-refractivity contribution in [1.82, 2.24) is 8.97 Å². The quantitative estimate of drug-likeness (QED) is 0.206. The van der Waals surface area contributed by atoms with E-state index in [0.717, 1.165) is 55.2 Å². The van der Waals surface area contributed by atoms with E-state index in [1.54, 1.807) is 0 Å². The molecule has 0 bridgehead atoms. The van der Waals surface area contributed by atoms with Gasteiger partial charge in [0.2, 0.25) is 0 Å². The molecular weight excluding hydrogens is 548 g/mol. The smallest absolute Gasteiger partial charge is 0.161 e. The van der Waals surface area contributed by atoms with E-state index < -0.39 is 0 Å². The minimum atomic E-state index is 0.897. The molecule has 3 heterocycles. The van der Waals surface area contributed by atoms with Gasteiger partial charge in [0.25, 0.3) is 0 Å². The summed E-state index contributed by atoms with van der Waals surface area (Å²) in [6.07, 6.45) is 0. The van der Waals surface area contributed by atoms with Crippen LogP contribution in [0.15, 0.2) is 162 Å². The van der Waals surface area contributed by atoms with Crippen molar-refractivity contribution in [3.63, 3.8) is 0 Å². The second kappa shape index (κ2) is 9.22. The Kier molecular flexibility index (Phi) is 5.00.